The fourth-order valence-corrected chi connectivity index (χ4v) is 2.76. The summed E-state index contributed by atoms with van der Waals surface area (Å²) in [6.45, 7) is 3.00. The molecule has 3 aromatic carbocycles. The van der Waals surface area contributed by atoms with Crippen molar-refractivity contribution in [2.45, 2.75) is 19.6 Å². The van der Waals surface area contributed by atoms with E-state index >= 15 is 0 Å². The minimum atomic E-state index is -0.0178. The van der Waals surface area contributed by atoms with Gasteiger partial charge in [-0.3, -0.25) is 4.79 Å². The average Bonchev–Trinajstić information content (AvgIpc) is 2.73. The third-order valence-electron chi connectivity index (χ3n) is 4.37. The number of nitrogens with one attached hydrogen (secondary N) is 1. The van der Waals surface area contributed by atoms with E-state index in [1.807, 2.05) is 78.1 Å². The van der Waals surface area contributed by atoms with Gasteiger partial charge >= 0.3 is 0 Å². The summed E-state index contributed by atoms with van der Waals surface area (Å²) in [5.41, 5.74) is 3.11. The highest BCUT2D eigenvalue weighted by atomic mass is 16.5. The van der Waals surface area contributed by atoms with Crippen molar-refractivity contribution in [2.24, 2.45) is 0 Å². The molecule has 0 heterocycles. The van der Waals surface area contributed by atoms with Gasteiger partial charge in [-0.1, -0.05) is 60.7 Å². The first-order valence-corrected chi connectivity index (χ1v) is 9.15. The van der Waals surface area contributed by atoms with Gasteiger partial charge in [-0.05, 0) is 36.8 Å². The summed E-state index contributed by atoms with van der Waals surface area (Å²) in [5.74, 6) is 0.761. The van der Waals surface area contributed by atoms with Crippen molar-refractivity contribution in [1.29, 1.82) is 0 Å². The number of quaternary nitrogens is 1. The number of hydrogen-bond acceptors (Lipinski definition) is 2. The summed E-state index contributed by atoms with van der Waals surface area (Å²) in [7, 11) is 0. The van der Waals surface area contributed by atoms with E-state index in [1.165, 1.54) is 5.56 Å². The minimum absolute atomic E-state index is 0.0178. The highest BCUT2D eigenvalue weighted by Crippen LogP contribution is 2.17. The Balaban J connectivity index is 1.44. The van der Waals surface area contributed by atoms with E-state index in [-0.39, 0.29) is 11.9 Å². The van der Waals surface area contributed by atoms with E-state index in [9.17, 15) is 4.79 Å². The van der Waals surface area contributed by atoms with Gasteiger partial charge in [0.05, 0.1) is 0 Å². The normalized spacial score (nSPS) is 11.6. The van der Waals surface area contributed by atoms with E-state index in [0.717, 1.165) is 17.0 Å². The molecule has 0 saturated carbocycles. The van der Waals surface area contributed by atoms with E-state index < -0.39 is 0 Å². The first-order chi connectivity index (χ1) is 13.2. The molecule has 3 aromatic rings. The fraction of sp³-hybridized carbons (Fsp3) is 0.174. The lowest BCUT2D eigenvalue weighted by Crippen LogP contribution is -2.86. The summed E-state index contributed by atoms with van der Waals surface area (Å²) < 4.78 is 5.76. The number of ether oxygens (including phenoxy) is 1. The molecule has 27 heavy (non-hydrogen) atoms. The van der Waals surface area contributed by atoms with Gasteiger partial charge in [0.1, 0.15) is 18.4 Å². The predicted octanol–water partition coefficient (Wildman–Crippen LogP) is 3.53. The Morgan fingerprint density at radius 2 is 1.56 bits per heavy atom. The summed E-state index contributed by atoms with van der Waals surface area (Å²) in [6, 6.07) is 27.9. The Morgan fingerprint density at radius 3 is 2.22 bits per heavy atom. The van der Waals surface area contributed by atoms with Crippen molar-refractivity contribution >= 4 is 11.6 Å². The number of hydrogen-bond donors (Lipinski definition) is 2. The SMILES string of the molecule is C[C@@H]([NH2+]CC(=O)Nc1ccc(OCc2ccccc2)cc1)c1ccccc1. The first-order valence-electron chi connectivity index (χ1n) is 9.15. The molecular formula is C23H25N2O2+. The largest absolute Gasteiger partial charge is 0.489 e. The van der Waals surface area contributed by atoms with Crippen LogP contribution in [0.4, 0.5) is 5.69 Å². The zero-order valence-electron chi connectivity index (χ0n) is 15.5. The molecule has 3 N–H and O–H groups in total. The van der Waals surface area contributed by atoms with Gasteiger partial charge in [-0.2, -0.15) is 0 Å². The maximum absolute atomic E-state index is 12.2. The van der Waals surface area contributed by atoms with Gasteiger partial charge in [-0.25, -0.2) is 0 Å². The number of rotatable bonds is 8. The molecule has 138 valence electrons. The van der Waals surface area contributed by atoms with E-state index in [0.29, 0.717) is 13.2 Å². The second-order valence-electron chi connectivity index (χ2n) is 6.49. The number of nitrogens with two attached hydrogens (primary N) is 1. The van der Waals surface area contributed by atoms with E-state index in [2.05, 4.69) is 24.4 Å². The van der Waals surface area contributed by atoms with Crippen LogP contribution < -0.4 is 15.4 Å². The third-order valence-corrected chi connectivity index (χ3v) is 4.37. The molecule has 0 unspecified atom stereocenters. The van der Waals surface area contributed by atoms with Crippen LogP contribution in [0.5, 0.6) is 5.75 Å². The second kappa shape index (κ2) is 9.55. The van der Waals surface area contributed by atoms with Crippen LogP contribution in [0.1, 0.15) is 24.1 Å². The lowest BCUT2D eigenvalue weighted by atomic mass is 10.1. The highest BCUT2D eigenvalue weighted by molar-refractivity contribution is 5.91. The van der Waals surface area contributed by atoms with Gasteiger partial charge in [0, 0.05) is 11.3 Å². The minimum Gasteiger partial charge on any atom is -0.489 e. The van der Waals surface area contributed by atoms with Gasteiger partial charge < -0.3 is 15.4 Å². The smallest absolute Gasteiger partial charge is 0.279 e. The van der Waals surface area contributed by atoms with Gasteiger partial charge in [0.15, 0.2) is 6.54 Å². The van der Waals surface area contributed by atoms with Crippen LogP contribution in [0, 0.1) is 0 Å². The maximum Gasteiger partial charge on any atom is 0.279 e. The predicted molar refractivity (Wildman–Crippen MR) is 107 cm³/mol. The molecule has 0 radical (unpaired) electrons. The summed E-state index contributed by atoms with van der Waals surface area (Å²) >= 11 is 0. The van der Waals surface area contributed by atoms with Crippen LogP contribution in [0.2, 0.25) is 0 Å². The van der Waals surface area contributed by atoms with Crippen LogP contribution in [0.15, 0.2) is 84.9 Å². The number of carbonyl (C=O) groups excluding carboxylic acids is 1. The number of amides is 1. The molecule has 1 atom stereocenters. The van der Waals surface area contributed by atoms with Crippen molar-refractivity contribution in [3.63, 3.8) is 0 Å². The van der Waals surface area contributed by atoms with Gasteiger partial charge in [0.2, 0.25) is 0 Å². The first kappa shape index (κ1) is 18.7. The Kier molecular flexibility index (Phi) is 6.61. The van der Waals surface area contributed by atoms with Crippen LogP contribution in [0.25, 0.3) is 0 Å². The van der Waals surface area contributed by atoms with Crippen LogP contribution in [0.3, 0.4) is 0 Å². The fourth-order valence-electron chi connectivity index (χ4n) is 2.76. The molecule has 4 heteroatoms. The topological polar surface area (TPSA) is 54.9 Å². The van der Waals surface area contributed by atoms with Gasteiger partial charge in [0.25, 0.3) is 5.91 Å². The Morgan fingerprint density at radius 1 is 0.926 bits per heavy atom. The van der Waals surface area contributed by atoms with E-state index in [4.69, 9.17) is 4.74 Å². The molecule has 3 rings (SSSR count). The molecule has 0 aliphatic carbocycles. The Labute approximate surface area is 160 Å². The van der Waals surface area contributed by atoms with Crippen molar-refractivity contribution in [2.75, 3.05) is 11.9 Å². The second-order valence-corrected chi connectivity index (χ2v) is 6.49. The standard InChI is InChI=1S/C23H24N2O2/c1-18(20-10-6-3-7-11-20)24-16-23(26)25-21-12-14-22(15-13-21)27-17-19-8-4-2-5-9-19/h2-15,18,24H,16-17H2,1H3,(H,25,26)/p+1/t18-/m1/s1. The number of carbonyl (C=O) groups is 1. The zero-order chi connectivity index (χ0) is 18.9. The Hall–Kier alpha value is -3.11. The molecule has 0 aliphatic heterocycles. The molecule has 0 saturated heterocycles. The molecule has 0 bridgehead atoms. The summed E-state index contributed by atoms with van der Waals surface area (Å²) in [6.07, 6.45) is 0. The van der Waals surface area contributed by atoms with Crippen LogP contribution in [-0.2, 0) is 11.4 Å². The van der Waals surface area contributed by atoms with Crippen molar-refractivity contribution < 1.29 is 14.8 Å². The third kappa shape index (κ3) is 5.97. The van der Waals surface area contributed by atoms with Crippen LogP contribution in [-0.4, -0.2) is 12.5 Å². The molecular weight excluding hydrogens is 336 g/mol. The highest BCUT2D eigenvalue weighted by Gasteiger charge is 2.11. The number of anilines is 1. The van der Waals surface area contributed by atoms with Crippen molar-refractivity contribution in [3.05, 3.63) is 96.1 Å². The van der Waals surface area contributed by atoms with Crippen LogP contribution >= 0.6 is 0 Å². The van der Waals surface area contributed by atoms with Gasteiger partial charge in [-0.15, -0.1) is 0 Å². The Bertz CT molecular complexity index is 833. The molecule has 4 nitrogen and oxygen atoms in total. The lowest BCUT2D eigenvalue weighted by Gasteiger charge is -2.11. The van der Waals surface area contributed by atoms with Crippen molar-refractivity contribution in [1.82, 2.24) is 0 Å². The molecule has 0 aliphatic rings. The monoisotopic (exact) mass is 361 g/mol. The number of benzene rings is 3. The summed E-state index contributed by atoms with van der Waals surface area (Å²) in [5, 5.41) is 4.95. The van der Waals surface area contributed by atoms with E-state index in [1.54, 1.807) is 0 Å². The molecule has 0 aromatic heterocycles. The average molecular weight is 361 g/mol. The summed E-state index contributed by atoms with van der Waals surface area (Å²) in [4.78, 5) is 12.2. The quantitative estimate of drug-likeness (QED) is 0.645. The maximum atomic E-state index is 12.2. The molecule has 1 amide bonds. The molecule has 0 spiro atoms. The van der Waals surface area contributed by atoms with Crippen molar-refractivity contribution in [3.8, 4) is 5.75 Å². The lowest BCUT2D eigenvalue weighted by molar-refractivity contribution is -0.682. The zero-order valence-corrected chi connectivity index (χ0v) is 15.5. The molecule has 0 fully saturated rings.